The standard InChI is InChI=1S/C23H31F3N2O5/c1-14(2)10-17(21(30)32-12-16-8-6-5-7-9-16)27-19(23(24,25)26)11-20(29)28-18(15(3)4)13-33-22(28)31/h5-9,14-15,17-19,27H,10-13H2,1-4H3/t17-,18+,19-/m0/s1. The van der Waals surface area contributed by atoms with Crippen molar-refractivity contribution in [1.29, 1.82) is 0 Å². The molecular formula is C23H31F3N2O5. The number of benzene rings is 1. The fraction of sp³-hybridized carbons (Fsp3) is 0.609. The van der Waals surface area contributed by atoms with Crippen molar-refractivity contribution in [2.45, 2.75) is 71.4 Å². The maximum atomic E-state index is 13.8. The first-order valence-electron chi connectivity index (χ1n) is 10.9. The summed E-state index contributed by atoms with van der Waals surface area (Å²) in [7, 11) is 0. The molecule has 3 atom stereocenters. The van der Waals surface area contributed by atoms with Crippen LogP contribution >= 0.6 is 0 Å². The first kappa shape index (κ1) is 26.6. The van der Waals surface area contributed by atoms with Gasteiger partial charge in [0.05, 0.1) is 12.5 Å². The minimum absolute atomic E-state index is 0.0614. The Morgan fingerprint density at radius 1 is 1.18 bits per heavy atom. The lowest BCUT2D eigenvalue weighted by Gasteiger charge is -2.29. The quantitative estimate of drug-likeness (QED) is 0.517. The summed E-state index contributed by atoms with van der Waals surface area (Å²) in [5.41, 5.74) is 0.698. The highest BCUT2D eigenvalue weighted by atomic mass is 19.4. The number of imide groups is 1. The average molecular weight is 473 g/mol. The molecule has 0 radical (unpaired) electrons. The van der Waals surface area contributed by atoms with E-state index < -0.39 is 48.7 Å². The summed E-state index contributed by atoms with van der Waals surface area (Å²) in [6.07, 6.45) is -6.75. The number of halogens is 3. The molecule has 1 aliphatic rings. The largest absolute Gasteiger partial charge is 0.460 e. The number of hydrogen-bond acceptors (Lipinski definition) is 6. The lowest BCUT2D eigenvalue weighted by atomic mass is 10.0. The molecule has 2 amide bonds. The molecule has 0 aromatic heterocycles. The van der Waals surface area contributed by atoms with Gasteiger partial charge < -0.3 is 9.47 Å². The zero-order chi connectivity index (χ0) is 24.8. The molecule has 10 heteroatoms. The molecule has 0 saturated carbocycles. The monoisotopic (exact) mass is 472 g/mol. The summed E-state index contributed by atoms with van der Waals surface area (Å²) in [6, 6.07) is 4.52. The number of nitrogens with one attached hydrogen (secondary N) is 1. The van der Waals surface area contributed by atoms with Crippen LogP contribution in [0, 0.1) is 11.8 Å². The summed E-state index contributed by atoms with van der Waals surface area (Å²) < 4.78 is 51.6. The lowest BCUT2D eigenvalue weighted by molar-refractivity contribution is -0.170. The van der Waals surface area contributed by atoms with Crippen LogP contribution in [0.3, 0.4) is 0 Å². The van der Waals surface area contributed by atoms with Gasteiger partial charge in [0.2, 0.25) is 5.91 Å². The topological polar surface area (TPSA) is 84.9 Å². The first-order valence-corrected chi connectivity index (χ1v) is 10.9. The van der Waals surface area contributed by atoms with Crippen molar-refractivity contribution in [2.75, 3.05) is 6.61 Å². The van der Waals surface area contributed by atoms with Gasteiger partial charge in [0.25, 0.3) is 0 Å². The highest BCUT2D eigenvalue weighted by molar-refractivity contribution is 5.94. The van der Waals surface area contributed by atoms with Crippen molar-refractivity contribution in [3.05, 3.63) is 35.9 Å². The zero-order valence-corrected chi connectivity index (χ0v) is 19.2. The van der Waals surface area contributed by atoms with Gasteiger partial charge in [-0.15, -0.1) is 0 Å². The molecular weight excluding hydrogens is 441 g/mol. The van der Waals surface area contributed by atoms with Crippen molar-refractivity contribution < 1.29 is 37.0 Å². The molecule has 184 valence electrons. The highest BCUT2D eigenvalue weighted by Gasteiger charge is 2.47. The maximum absolute atomic E-state index is 13.8. The van der Waals surface area contributed by atoms with Crippen LogP contribution in [0.15, 0.2) is 30.3 Å². The summed E-state index contributed by atoms with van der Waals surface area (Å²) >= 11 is 0. The van der Waals surface area contributed by atoms with Gasteiger partial charge in [-0.3, -0.25) is 14.9 Å². The Labute approximate surface area is 191 Å². The number of carbonyl (C=O) groups is 3. The van der Waals surface area contributed by atoms with Crippen molar-refractivity contribution in [3.8, 4) is 0 Å². The number of esters is 1. The molecule has 1 fully saturated rings. The van der Waals surface area contributed by atoms with E-state index in [4.69, 9.17) is 9.47 Å². The van der Waals surface area contributed by atoms with E-state index in [-0.39, 0.29) is 31.5 Å². The molecule has 1 saturated heterocycles. The molecule has 7 nitrogen and oxygen atoms in total. The van der Waals surface area contributed by atoms with Crippen LogP contribution in [-0.4, -0.2) is 53.8 Å². The molecule has 1 aliphatic heterocycles. The van der Waals surface area contributed by atoms with Crippen LogP contribution in [0.4, 0.5) is 18.0 Å². The number of rotatable bonds is 10. The Balaban J connectivity index is 2.14. The third kappa shape index (κ3) is 7.73. The smallest absolute Gasteiger partial charge is 0.416 e. The van der Waals surface area contributed by atoms with E-state index in [1.807, 2.05) is 0 Å². The second-order valence-corrected chi connectivity index (χ2v) is 8.89. The van der Waals surface area contributed by atoms with Crippen molar-refractivity contribution >= 4 is 18.0 Å². The Kier molecular flexibility index (Phi) is 9.27. The van der Waals surface area contributed by atoms with Crippen LogP contribution in [0.25, 0.3) is 0 Å². The SMILES string of the molecule is CC(C)C[C@H](N[C@@H](CC(=O)N1C(=O)OC[C@@H]1C(C)C)C(F)(F)F)C(=O)OCc1ccccc1. The van der Waals surface area contributed by atoms with Crippen molar-refractivity contribution in [2.24, 2.45) is 11.8 Å². The molecule has 33 heavy (non-hydrogen) atoms. The van der Waals surface area contributed by atoms with Gasteiger partial charge in [-0.05, 0) is 23.8 Å². The summed E-state index contributed by atoms with van der Waals surface area (Å²) in [5.74, 6) is -2.14. The lowest BCUT2D eigenvalue weighted by Crippen LogP contribution is -2.54. The van der Waals surface area contributed by atoms with Crippen LogP contribution in [0.5, 0.6) is 0 Å². The Hall–Kier alpha value is -2.62. The fourth-order valence-corrected chi connectivity index (χ4v) is 3.53. The number of amides is 2. The number of alkyl halides is 3. The van der Waals surface area contributed by atoms with Gasteiger partial charge in [-0.1, -0.05) is 58.0 Å². The van der Waals surface area contributed by atoms with Gasteiger partial charge >= 0.3 is 18.2 Å². The zero-order valence-electron chi connectivity index (χ0n) is 19.2. The summed E-state index contributed by atoms with van der Waals surface area (Å²) in [4.78, 5) is 38.0. The predicted octanol–water partition coefficient (Wildman–Crippen LogP) is 4.06. The third-order valence-electron chi connectivity index (χ3n) is 5.34. The van der Waals surface area contributed by atoms with E-state index in [9.17, 15) is 27.6 Å². The third-order valence-corrected chi connectivity index (χ3v) is 5.34. The fourth-order valence-electron chi connectivity index (χ4n) is 3.53. The van der Waals surface area contributed by atoms with E-state index in [0.717, 1.165) is 4.90 Å². The van der Waals surface area contributed by atoms with Gasteiger partial charge in [-0.2, -0.15) is 13.2 Å². The van der Waals surface area contributed by atoms with Crippen LogP contribution in [-0.2, 0) is 25.7 Å². The minimum Gasteiger partial charge on any atom is -0.460 e. The first-order chi connectivity index (χ1) is 15.4. The Morgan fingerprint density at radius 3 is 2.36 bits per heavy atom. The number of nitrogens with zero attached hydrogens (tertiary/aromatic N) is 1. The van der Waals surface area contributed by atoms with E-state index in [0.29, 0.717) is 5.56 Å². The molecule has 2 rings (SSSR count). The van der Waals surface area contributed by atoms with Crippen molar-refractivity contribution in [1.82, 2.24) is 10.2 Å². The van der Waals surface area contributed by atoms with E-state index >= 15 is 0 Å². The Morgan fingerprint density at radius 2 is 1.82 bits per heavy atom. The molecule has 0 aliphatic carbocycles. The van der Waals surface area contributed by atoms with E-state index in [1.54, 1.807) is 58.0 Å². The van der Waals surface area contributed by atoms with E-state index in [1.165, 1.54) is 0 Å². The summed E-state index contributed by atoms with van der Waals surface area (Å²) in [6.45, 7) is 6.87. The van der Waals surface area contributed by atoms with Gasteiger partial charge in [0, 0.05) is 0 Å². The normalized spacial score (nSPS) is 18.4. The maximum Gasteiger partial charge on any atom is 0.416 e. The van der Waals surface area contributed by atoms with E-state index in [2.05, 4.69) is 5.32 Å². The van der Waals surface area contributed by atoms with Crippen molar-refractivity contribution in [3.63, 3.8) is 0 Å². The molecule has 1 aromatic rings. The van der Waals surface area contributed by atoms with Crippen LogP contribution in [0.2, 0.25) is 0 Å². The van der Waals surface area contributed by atoms with Gasteiger partial charge in [0.1, 0.15) is 25.3 Å². The minimum atomic E-state index is -4.83. The molecule has 0 bridgehead atoms. The number of ether oxygens (including phenoxy) is 2. The number of hydrogen-bond donors (Lipinski definition) is 1. The Bertz CT molecular complexity index is 814. The predicted molar refractivity (Wildman–Crippen MR) is 114 cm³/mol. The van der Waals surface area contributed by atoms with Crippen LogP contribution < -0.4 is 5.32 Å². The molecule has 1 N–H and O–H groups in total. The van der Waals surface area contributed by atoms with Crippen LogP contribution in [0.1, 0.15) is 46.1 Å². The number of cyclic esters (lactones) is 1. The average Bonchev–Trinajstić information content (AvgIpc) is 3.12. The molecule has 1 heterocycles. The second-order valence-electron chi connectivity index (χ2n) is 8.89. The number of carbonyl (C=O) groups excluding carboxylic acids is 3. The second kappa shape index (κ2) is 11.5. The molecule has 1 aromatic carbocycles. The summed E-state index contributed by atoms with van der Waals surface area (Å²) in [5, 5.41) is 2.28. The molecule has 0 spiro atoms. The van der Waals surface area contributed by atoms with Gasteiger partial charge in [-0.25, -0.2) is 9.69 Å². The van der Waals surface area contributed by atoms with Gasteiger partial charge in [0.15, 0.2) is 0 Å². The molecule has 0 unspecified atom stereocenters. The highest BCUT2D eigenvalue weighted by Crippen LogP contribution is 2.27.